The van der Waals surface area contributed by atoms with Crippen LogP contribution in [0, 0.1) is 0 Å². The highest BCUT2D eigenvalue weighted by atomic mass is 16.5. The summed E-state index contributed by atoms with van der Waals surface area (Å²) < 4.78 is 5.01. The van der Waals surface area contributed by atoms with E-state index in [1.165, 1.54) is 7.11 Å². The van der Waals surface area contributed by atoms with Crippen LogP contribution in [0.2, 0.25) is 0 Å². The summed E-state index contributed by atoms with van der Waals surface area (Å²) in [7, 11) is 1.48. The number of rotatable bonds is 3. The van der Waals surface area contributed by atoms with Gasteiger partial charge < -0.3 is 16.2 Å². The van der Waals surface area contributed by atoms with Gasteiger partial charge in [-0.2, -0.15) is 0 Å². The van der Waals surface area contributed by atoms with Gasteiger partial charge in [0.15, 0.2) is 5.69 Å². The van der Waals surface area contributed by atoms with Gasteiger partial charge in [0, 0.05) is 11.8 Å². The zero-order valence-corrected chi connectivity index (χ0v) is 10.2. The first-order valence-corrected chi connectivity index (χ1v) is 5.23. The summed E-state index contributed by atoms with van der Waals surface area (Å²) in [5.74, 6) is -0.207. The Kier molecular flexibility index (Phi) is 5.92. The minimum Gasteiger partial charge on any atom is -0.494 e. The highest BCUT2D eigenvalue weighted by molar-refractivity contribution is 5.97. The van der Waals surface area contributed by atoms with Crippen molar-refractivity contribution in [3.05, 3.63) is 17.5 Å². The number of anilines is 1. The SMILES string of the molecule is CC.CCc1cc(OC)c(N)c(C(N)=O)n1. The zero-order valence-electron chi connectivity index (χ0n) is 10.2. The molecule has 0 radical (unpaired) electrons. The topological polar surface area (TPSA) is 91.2 Å². The van der Waals surface area contributed by atoms with E-state index in [2.05, 4.69) is 4.98 Å². The molecule has 16 heavy (non-hydrogen) atoms. The highest BCUT2D eigenvalue weighted by Gasteiger charge is 2.13. The quantitative estimate of drug-likeness (QED) is 0.812. The summed E-state index contributed by atoms with van der Waals surface area (Å²) in [6.45, 7) is 5.92. The van der Waals surface area contributed by atoms with E-state index in [9.17, 15) is 4.79 Å². The molecular formula is C11H19N3O2. The van der Waals surface area contributed by atoms with Crippen molar-refractivity contribution >= 4 is 11.6 Å². The van der Waals surface area contributed by atoms with E-state index < -0.39 is 5.91 Å². The number of carbonyl (C=O) groups is 1. The van der Waals surface area contributed by atoms with Crippen LogP contribution in [0.5, 0.6) is 5.75 Å². The lowest BCUT2D eigenvalue weighted by atomic mass is 10.2. The number of pyridine rings is 1. The molecule has 0 aliphatic heterocycles. The number of nitrogens with zero attached hydrogens (tertiary/aromatic N) is 1. The fourth-order valence-corrected chi connectivity index (χ4v) is 1.12. The molecule has 0 aliphatic rings. The minimum atomic E-state index is -0.642. The molecule has 1 heterocycles. The molecule has 0 atom stereocenters. The van der Waals surface area contributed by atoms with Crippen molar-refractivity contribution < 1.29 is 9.53 Å². The van der Waals surface area contributed by atoms with Crippen molar-refractivity contribution in [1.29, 1.82) is 0 Å². The van der Waals surface area contributed by atoms with E-state index in [4.69, 9.17) is 16.2 Å². The lowest BCUT2D eigenvalue weighted by Crippen LogP contribution is -2.17. The average Bonchev–Trinajstić information content (AvgIpc) is 2.31. The van der Waals surface area contributed by atoms with Crippen LogP contribution in [0.3, 0.4) is 0 Å². The summed E-state index contributed by atoms with van der Waals surface area (Å²) >= 11 is 0. The Hall–Kier alpha value is -1.78. The van der Waals surface area contributed by atoms with Crippen molar-refractivity contribution in [2.45, 2.75) is 27.2 Å². The Labute approximate surface area is 95.8 Å². The second-order valence-corrected chi connectivity index (χ2v) is 2.80. The van der Waals surface area contributed by atoms with Gasteiger partial charge in [0.25, 0.3) is 5.91 Å². The maximum absolute atomic E-state index is 11.0. The molecule has 0 aliphatic carbocycles. The lowest BCUT2D eigenvalue weighted by molar-refractivity contribution is 0.0996. The third-order valence-electron chi connectivity index (χ3n) is 1.89. The number of methoxy groups -OCH3 is 1. The molecule has 4 N–H and O–H groups in total. The normalized spacial score (nSPS) is 9.00. The lowest BCUT2D eigenvalue weighted by Gasteiger charge is -2.09. The second-order valence-electron chi connectivity index (χ2n) is 2.80. The molecule has 0 saturated carbocycles. The number of hydrogen-bond donors (Lipinski definition) is 2. The molecule has 5 nitrogen and oxygen atoms in total. The van der Waals surface area contributed by atoms with Crippen molar-refractivity contribution in [1.82, 2.24) is 4.98 Å². The number of nitrogen functional groups attached to an aromatic ring is 1. The van der Waals surface area contributed by atoms with Gasteiger partial charge >= 0.3 is 0 Å². The van der Waals surface area contributed by atoms with Gasteiger partial charge in [-0.3, -0.25) is 4.79 Å². The maximum atomic E-state index is 11.0. The molecule has 1 rings (SSSR count). The Morgan fingerprint density at radius 1 is 1.50 bits per heavy atom. The average molecular weight is 225 g/mol. The summed E-state index contributed by atoms with van der Waals surface area (Å²) in [6, 6.07) is 1.70. The van der Waals surface area contributed by atoms with Crippen LogP contribution >= 0.6 is 0 Å². The van der Waals surface area contributed by atoms with Crippen molar-refractivity contribution in [2.75, 3.05) is 12.8 Å². The number of aryl methyl sites for hydroxylation is 1. The highest BCUT2D eigenvalue weighted by Crippen LogP contribution is 2.24. The number of ether oxygens (including phenoxy) is 1. The monoisotopic (exact) mass is 225 g/mol. The fourth-order valence-electron chi connectivity index (χ4n) is 1.12. The standard InChI is InChI=1S/C9H13N3O2.C2H6/c1-3-5-4-6(14-2)7(10)8(12-5)9(11)13;1-2/h4H,3,10H2,1-2H3,(H2,11,13);1-2H3. The molecule has 1 aromatic rings. The van der Waals surface area contributed by atoms with E-state index in [0.29, 0.717) is 12.2 Å². The van der Waals surface area contributed by atoms with Gasteiger partial charge in [0.2, 0.25) is 0 Å². The molecule has 1 amide bonds. The summed E-state index contributed by atoms with van der Waals surface area (Å²) in [5, 5.41) is 0. The summed E-state index contributed by atoms with van der Waals surface area (Å²) in [6.07, 6.45) is 0.691. The molecule has 0 aromatic carbocycles. The number of nitrogens with two attached hydrogens (primary N) is 2. The van der Waals surface area contributed by atoms with Crippen molar-refractivity contribution in [3.63, 3.8) is 0 Å². The van der Waals surface area contributed by atoms with Gasteiger partial charge in [-0.15, -0.1) is 0 Å². The third-order valence-corrected chi connectivity index (χ3v) is 1.89. The fraction of sp³-hybridized carbons (Fsp3) is 0.455. The van der Waals surface area contributed by atoms with Gasteiger partial charge in [-0.25, -0.2) is 4.98 Å². The van der Waals surface area contributed by atoms with Crippen LogP contribution < -0.4 is 16.2 Å². The van der Waals surface area contributed by atoms with E-state index in [1.807, 2.05) is 20.8 Å². The van der Waals surface area contributed by atoms with Crippen LogP contribution in [0.4, 0.5) is 5.69 Å². The second kappa shape index (κ2) is 6.66. The van der Waals surface area contributed by atoms with Crippen LogP contribution in [-0.4, -0.2) is 18.0 Å². The Bertz CT molecular complexity index is 364. The number of primary amides is 1. The Morgan fingerprint density at radius 2 is 2.06 bits per heavy atom. The third kappa shape index (κ3) is 3.12. The van der Waals surface area contributed by atoms with Gasteiger partial charge in [0.1, 0.15) is 11.4 Å². The Morgan fingerprint density at radius 3 is 2.44 bits per heavy atom. The van der Waals surface area contributed by atoms with Crippen LogP contribution in [-0.2, 0) is 6.42 Å². The predicted molar refractivity (Wildman–Crippen MR) is 64.4 cm³/mol. The van der Waals surface area contributed by atoms with Crippen LogP contribution in [0.25, 0.3) is 0 Å². The Balaban J connectivity index is 0.00000106. The molecule has 5 heteroatoms. The first-order chi connectivity index (χ1) is 7.60. The first kappa shape index (κ1) is 14.2. The number of hydrogen-bond acceptors (Lipinski definition) is 4. The molecule has 0 spiro atoms. The molecule has 0 unspecified atom stereocenters. The minimum absolute atomic E-state index is 0.0706. The van der Waals surface area contributed by atoms with Crippen LogP contribution in [0.15, 0.2) is 6.07 Å². The number of aromatic nitrogens is 1. The first-order valence-electron chi connectivity index (χ1n) is 5.23. The summed E-state index contributed by atoms with van der Waals surface area (Å²) in [5.41, 5.74) is 11.7. The summed E-state index contributed by atoms with van der Waals surface area (Å²) in [4.78, 5) is 15.0. The zero-order chi connectivity index (χ0) is 12.7. The van der Waals surface area contributed by atoms with Gasteiger partial charge in [-0.05, 0) is 6.42 Å². The number of amides is 1. The van der Waals surface area contributed by atoms with E-state index in [1.54, 1.807) is 6.07 Å². The maximum Gasteiger partial charge on any atom is 0.269 e. The van der Waals surface area contributed by atoms with Gasteiger partial charge in [0.05, 0.1) is 7.11 Å². The molecule has 1 aromatic heterocycles. The van der Waals surface area contributed by atoms with E-state index in [-0.39, 0.29) is 11.4 Å². The number of carbonyl (C=O) groups excluding carboxylic acids is 1. The largest absolute Gasteiger partial charge is 0.494 e. The van der Waals surface area contributed by atoms with Crippen molar-refractivity contribution in [3.8, 4) is 5.75 Å². The molecule has 90 valence electrons. The van der Waals surface area contributed by atoms with E-state index >= 15 is 0 Å². The smallest absolute Gasteiger partial charge is 0.269 e. The molecule has 0 fully saturated rings. The van der Waals surface area contributed by atoms with Crippen molar-refractivity contribution in [2.24, 2.45) is 5.73 Å². The molecule has 0 bridgehead atoms. The molecular weight excluding hydrogens is 206 g/mol. The molecule has 0 saturated heterocycles. The van der Waals surface area contributed by atoms with Crippen LogP contribution in [0.1, 0.15) is 37.0 Å². The predicted octanol–water partition coefficient (Wildman–Crippen LogP) is 1.36. The van der Waals surface area contributed by atoms with Gasteiger partial charge in [-0.1, -0.05) is 20.8 Å². The van der Waals surface area contributed by atoms with E-state index in [0.717, 1.165) is 5.69 Å².